The van der Waals surface area contributed by atoms with Gasteiger partial charge in [-0.1, -0.05) is 25.4 Å². The van der Waals surface area contributed by atoms with E-state index < -0.39 is 15.0 Å². The van der Waals surface area contributed by atoms with E-state index in [1.807, 2.05) is 20.8 Å². The van der Waals surface area contributed by atoms with Crippen LogP contribution in [0.1, 0.15) is 37.6 Å². The molecule has 1 atom stereocenters. The lowest BCUT2D eigenvalue weighted by molar-refractivity contribution is 0.0936. The quantitative estimate of drug-likeness (QED) is 0.731. The highest BCUT2D eigenvalue weighted by atomic mass is 79.9. The molecule has 1 unspecified atom stereocenters. The molecule has 8 heteroatoms. The van der Waals surface area contributed by atoms with Crippen LogP contribution in [0.15, 0.2) is 21.5 Å². The third-order valence-corrected chi connectivity index (χ3v) is 5.32. The van der Waals surface area contributed by atoms with Crippen LogP contribution in [0, 0.1) is 5.92 Å². The Labute approximate surface area is 142 Å². The Morgan fingerprint density at radius 2 is 1.90 bits per heavy atom. The molecule has 1 N–H and O–H groups in total. The van der Waals surface area contributed by atoms with Gasteiger partial charge in [-0.2, -0.15) is 0 Å². The Morgan fingerprint density at radius 3 is 2.38 bits per heavy atom. The fraction of sp³-hybridized carbons (Fsp3) is 0.462. The van der Waals surface area contributed by atoms with Gasteiger partial charge in [0.1, 0.15) is 0 Å². The number of carbonyl (C=O) groups excluding carboxylic acids is 1. The van der Waals surface area contributed by atoms with Crippen molar-refractivity contribution in [2.75, 3.05) is 0 Å². The van der Waals surface area contributed by atoms with Gasteiger partial charge in [-0.25, -0.2) is 8.42 Å². The van der Waals surface area contributed by atoms with Crippen molar-refractivity contribution < 1.29 is 13.2 Å². The van der Waals surface area contributed by atoms with Gasteiger partial charge < -0.3 is 5.32 Å². The van der Waals surface area contributed by atoms with Crippen molar-refractivity contribution in [2.24, 2.45) is 5.92 Å². The van der Waals surface area contributed by atoms with Crippen LogP contribution >= 0.6 is 38.2 Å². The summed E-state index contributed by atoms with van der Waals surface area (Å²) in [6, 6.07) is 2.38. The molecule has 0 aliphatic rings. The zero-order valence-electron chi connectivity index (χ0n) is 11.8. The molecule has 0 aliphatic carbocycles. The van der Waals surface area contributed by atoms with Crippen LogP contribution in [0.5, 0.6) is 0 Å². The number of hydrogen-bond acceptors (Lipinski definition) is 3. The SMILES string of the molecule is CC(C)CC(C)NC(=O)c1cc(S(=O)(=O)Cl)cc(Br)c1Cl. The largest absolute Gasteiger partial charge is 0.350 e. The predicted molar refractivity (Wildman–Crippen MR) is 88.6 cm³/mol. The van der Waals surface area contributed by atoms with Crippen molar-refractivity contribution in [1.82, 2.24) is 5.32 Å². The Balaban J connectivity index is 3.12. The second kappa shape index (κ2) is 7.31. The van der Waals surface area contributed by atoms with Crippen molar-refractivity contribution in [1.29, 1.82) is 0 Å². The monoisotopic (exact) mass is 415 g/mol. The maximum atomic E-state index is 12.2. The van der Waals surface area contributed by atoms with E-state index in [-0.39, 0.29) is 21.5 Å². The standard InChI is InChI=1S/C13H16BrCl2NO3S/c1-7(2)4-8(3)17-13(18)10-5-9(21(16,19)20)6-11(14)12(10)15/h5-8H,4H2,1-3H3,(H,17,18). The zero-order valence-corrected chi connectivity index (χ0v) is 15.7. The fourth-order valence-electron chi connectivity index (χ4n) is 1.94. The molecule has 1 amide bonds. The Kier molecular flexibility index (Phi) is 6.53. The van der Waals surface area contributed by atoms with E-state index in [1.165, 1.54) is 12.1 Å². The van der Waals surface area contributed by atoms with E-state index in [1.54, 1.807) is 0 Å². The summed E-state index contributed by atoms with van der Waals surface area (Å²) in [5.74, 6) is -0.00641. The highest BCUT2D eigenvalue weighted by Crippen LogP contribution is 2.31. The van der Waals surface area contributed by atoms with Crippen molar-refractivity contribution in [2.45, 2.75) is 38.1 Å². The van der Waals surface area contributed by atoms with Crippen LogP contribution < -0.4 is 5.32 Å². The van der Waals surface area contributed by atoms with Crippen LogP contribution in [0.25, 0.3) is 0 Å². The average molecular weight is 417 g/mol. The highest BCUT2D eigenvalue weighted by molar-refractivity contribution is 9.10. The molecule has 0 spiro atoms. The molecule has 4 nitrogen and oxygen atoms in total. The van der Waals surface area contributed by atoms with Gasteiger partial charge in [-0.05, 0) is 47.3 Å². The van der Waals surface area contributed by atoms with Crippen molar-refractivity contribution in [3.8, 4) is 0 Å². The normalized spacial score (nSPS) is 13.3. The third kappa shape index (κ3) is 5.43. The molecule has 0 aromatic heterocycles. The van der Waals surface area contributed by atoms with Crippen LogP contribution in [0.4, 0.5) is 0 Å². The van der Waals surface area contributed by atoms with E-state index in [4.69, 9.17) is 22.3 Å². The summed E-state index contributed by atoms with van der Waals surface area (Å²) in [6.45, 7) is 5.98. The minimum atomic E-state index is -3.94. The number of halogens is 3. The maximum Gasteiger partial charge on any atom is 0.261 e. The average Bonchev–Trinajstić information content (AvgIpc) is 2.29. The Bertz CT molecular complexity index is 647. The summed E-state index contributed by atoms with van der Waals surface area (Å²) in [6.07, 6.45) is 0.804. The first-order valence-electron chi connectivity index (χ1n) is 6.27. The van der Waals surface area contributed by atoms with Gasteiger partial charge in [0.25, 0.3) is 15.0 Å². The van der Waals surface area contributed by atoms with Crippen LogP contribution in [0.2, 0.25) is 5.02 Å². The van der Waals surface area contributed by atoms with Gasteiger partial charge in [0.2, 0.25) is 0 Å². The molecule has 1 rings (SSSR count). The number of nitrogens with one attached hydrogen (secondary N) is 1. The second-order valence-electron chi connectivity index (χ2n) is 5.21. The van der Waals surface area contributed by atoms with Gasteiger partial charge in [-0.15, -0.1) is 0 Å². The predicted octanol–water partition coefficient (Wildman–Crippen LogP) is 4.19. The lowest BCUT2D eigenvalue weighted by atomic mass is 10.0. The van der Waals surface area contributed by atoms with Crippen LogP contribution in [0.3, 0.4) is 0 Å². The van der Waals surface area contributed by atoms with Crippen molar-refractivity contribution in [3.63, 3.8) is 0 Å². The van der Waals surface area contributed by atoms with Crippen LogP contribution in [-0.2, 0) is 9.05 Å². The highest BCUT2D eigenvalue weighted by Gasteiger charge is 2.20. The summed E-state index contributed by atoms with van der Waals surface area (Å²) in [4.78, 5) is 12.1. The molecule has 0 radical (unpaired) electrons. The first-order chi connectivity index (χ1) is 9.52. The molecule has 0 fully saturated rings. The minimum absolute atomic E-state index is 0.0522. The molecular weight excluding hydrogens is 401 g/mol. The summed E-state index contributed by atoms with van der Waals surface area (Å²) in [7, 11) is 1.37. The first-order valence-corrected chi connectivity index (χ1v) is 9.75. The molecule has 1 aromatic rings. The molecule has 0 aliphatic heterocycles. The summed E-state index contributed by atoms with van der Waals surface area (Å²) in [5.41, 5.74) is 0.0703. The molecule has 1 aromatic carbocycles. The third-order valence-electron chi connectivity index (χ3n) is 2.73. The van der Waals surface area contributed by atoms with E-state index in [0.717, 1.165) is 6.42 Å². The summed E-state index contributed by atoms with van der Waals surface area (Å²) >= 11 is 9.18. The smallest absolute Gasteiger partial charge is 0.261 e. The summed E-state index contributed by atoms with van der Waals surface area (Å²) < 4.78 is 23.1. The first kappa shape index (κ1) is 18.7. The van der Waals surface area contributed by atoms with Gasteiger partial charge in [0, 0.05) is 21.2 Å². The zero-order chi connectivity index (χ0) is 16.4. The number of hydrogen-bond donors (Lipinski definition) is 1. The lowest BCUT2D eigenvalue weighted by Crippen LogP contribution is -2.33. The molecule has 21 heavy (non-hydrogen) atoms. The molecule has 118 valence electrons. The van der Waals surface area contributed by atoms with Gasteiger partial charge in [0.05, 0.1) is 15.5 Å². The Hall–Kier alpha value is -0.300. The molecule has 0 heterocycles. The minimum Gasteiger partial charge on any atom is -0.350 e. The lowest BCUT2D eigenvalue weighted by Gasteiger charge is -2.17. The van der Waals surface area contributed by atoms with Gasteiger partial charge in [0.15, 0.2) is 0 Å². The van der Waals surface area contributed by atoms with E-state index in [9.17, 15) is 13.2 Å². The number of amides is 1. The molecular formula is C13H16BrCl2NO3S. The number of benzene rings is 1. The van der Waals surface area contributed by atoms with Crippen LogP contribution in [-0.4, -0.2) is 20.4 Å². The molecule has 0 bridgehead atoms. The molecule has 0 saturated heterocycles. The van der Waals surface area contributed by atoms with E-state index >= 15 is 0 Å². The van der Waals surface area contributed by atoms with E-state index in [2.05, 4.69) is 21.2 Å². The maximum absolute atomic E-state index is 12.2. The molecule has 0 saturated carbocycles. The number of rotatable bonds is 5. The fourth-order valence-corrected chi connectivity index (χ4v) is 3.53. The van der Waals surface area contributed by atoms with Gasteiger partial charge in [-0.3, -0.25) is 4.79 Å². The topological polar surface area (TPSA) is 63.2 Å². The van der Waals surface area contributed by atoms with Crippen molar-refractivity contribution in [3.05, 3.63) is 27.2 Å². The van der Waals surface area contributed by atoms with Gasteiger partial charge >= 0.3 is 0 Å². The summed E-state index contributed by atoms with van der Waals surface area (Å²) in [5, 5.41) is 2.94. The second-order valence-corrected chi connectivity index (χ2v) is 9.01. The van der Waals surface area contributed by atoms with E-state index in [0.29, 0.717) is 10.4 Å². The number of carbonyl (C=O) groups is 1. The van der Waals surface area contributed by atoms with Crippen molar-refractivity contribution >= 4 is 53.2 Å². The Morgan fingerprint density at radius 1 is 1.33 bits per heavy atom.